The molecule has 19 heavy (non-hydrogen) atoms. The fourth-order valence-corrected chi connectivity index (χ4v) is 1.43. The van der Waals surface area contributed by atoms with E-state index in [-0.39, 0.29) is 23.5 Å². The molecule has 1 heterocycles. The van der Waals surface area contributed by atoms with Crippen molar-refractivity contribution < 1.29 is 13.2 Å². The van der Waals surface area contributed by atoms with Gasteiger partial charge < -0.3 is 16.8 Å². The van der Waals surface area contributed by atoms with E-state index in [1.54, 1.807) is 0 Å². The second-order valence-corrected chi connectivity index (χ2v) is 3.54. The van der Waals surface area contributed by atoms with E-state index in [1.807, 2.05) is 0 Å². The minimum atomic E-state index is -4.49. The summed E-state index contributed by atoms with van der Waals surface area (Å²) in [6, 6.07) is 4.92. The molecule has 5 N–H and O–H groups in total. The number of nitrogens with zero attached hydrogens (tertiary/aromatic N) is 3. The third-order valence-corrected chi connectivity index (χ3v) is 2.15. The molecule has 1 aromatic heterocycles. The molecule has 0 aliphatic rings. The van der Waals surface area contributed by atoms with Gasteiger partial charge in [-0.15, -0.1) is 0 Å². The van der Waals surface area contributed by atoms with Crippen LogP contribution >= 0.6 is 0 Å². The van der Waals surface area contributed by atoms with Gasteiger partial charge >= 0.3 is 6.18 Å². The lowest BCUT2D eigenvalue weighted by atomic mass is 10.1. The number of aromatic nitrogens is 3. The molecule has 0 atom stereocenters. The van der Waals surface area contributed by atoms with Crippen LogP contribution in [0.2, 0.25) is 0 Å². The van der Waals surface area contributed by atoms with Crippen LogP contribution in [0.5, 0.6) is 0 Å². The Morgan fingerprint density at radius 1 is 0.947 bits per heavy atom. The highest BCUT2D eigenvalue weighted by Crippen LogP contribution is 2.35. The second-order valence-electron chi connectivity index (χ2n) is 3.54. The number of para-hydroxylation sites is 1. The Kier molecular flexibility index (Phi) is 3.11. The fourth-order valence-electron chi connectivity index (χ4n) is 1.43. The third kappa shape index (κ3) is 3.00. The molecule has 2 rings (SSSR count). The van der Waals surface area contributed by atoms with Crippen molar-refractivity contribution in [1.82, 2.24) is 15.0 Å². The van der Waals surface area contributed by atoms with Crippen molar-refractivity contribution in [1.29, 1.82) is 0 Å². The molecule has 0 unspecified atom stereocenters. The van der Waals surface area contributed by atoms with Gasteiger partial charge in [0.2, 0.25) is 17.8 Å². The number of hydrogen-bond donors (Lipinski definition) is 3. The van der Waals surface area contributed by atoms with Crippen LogP contribution in [0.4, 0.5) is 36.7 Å². The number of hydrogen-bond acceptors (Lipinski definition) is 6. The Bertz CT molecular complexity index is 578. The standard InChI is InChI=1S/C10H9F3N6/c11-10(12,13)5-3-1-2-4-6(5)16-9-18-7(14)17-8(15)19-9/h1-4H,(H5,14,15,16,17,18,19). The number of rotatable bonds is 2. The quantitative estimate of drug-likeness (QED) is 0.768. The number of benzene rings is 1. The van der Waals surface area contributed by atoms with Crippen LogP contribution in [0.3, 0.4) is 0 Å². The smallest absolute Gasteiger partial charge is 0.368 e. The van der Waals surface area contributed by atoms with Crippen LogP contribution in [0.1, 0.15) is 5.56 Å². The molecule has 9 heteroatoms. The van der Waals surface area contributed by atoms with Crippen molar-refractivity contribution in [2.24, 2.45) is 0 Å². The topological polar surface area (TPSA) is 103 Å². The summed E-state index contributed by atoms with van der Waals surface area (Å²) < 4.78 is 38.3. The van der Waals surface area contributed by atoms with Gasteiger partial charge in [0.15, 0.2) is 0 Å². The van der Waals surface area contributed by atoms with Gasteiger partial charge in [0, 0.05) is 0 Å². The molecule has 0 saturated carbocycles. The Morgan fingerprint density at radius 3 is 2.11 bits per heavy atom. The van der Waals surface area contributed by atoms with Gasteiger partial charge in [-0.2, -0.15) is 28.1 Å². The highest BCUT2D eigenvalue weighted by atomic mass is 19.4. The summed E-state index contributed by atoms with van der Waals surface area (Å²) >= 11 is 0. The minimum absolute atomic E-state index is 0.151. The van der Waals surface area contributed by atoms with E-state index in [9.17, 15) is 13.2 Å². The molecular formula is C10H9F3N6. The first kappa shape index (κ1) is 12.9. The SMILES string of the molecule is Nc1nc(N)nc(Nc2ccccc2C(F)(F)F)n1. The average Bonchev–Trinajstić information content (AvgIpc) is 2.26. The van der Waals surface area contributed by atoms with E-state index in [0.29, 0.717) is 0 Å². The van der Waals surface area contributed by atoms with Crippen LogP contribution in [0.25, 0.3) is 0 Å². The Morgan fingerprint density at radius 2 is 1.53 bits per heavy atom. The molecule has 0 radical (unpaired) electrons. The van der Waals surface area contributed by atoms with Crippen LogP contribution in [0.15, 0.2) is 24.3 Å². The maximum Gasteiger partial charge on any atom is 0.418 e. The van der Waals surface area contributed by atoms with Crippen LogP contribution in [-0.2, 0) is 6.18 Å². The zero-order valence-electron chi connectivity index (χ0n) is 9.44. The zero-order chi connectivity index (χ0) is 14.0. The zero-order valence-corrected chi connectivity index (χ0v) is 9.44. The molecule has 0 spiro atoms. The van der Waals surface area contributed by atoms with E-state index in [1.165, 1.54) is 18.2 Å². The largest absolute Gasteiger partial charge is 0.418 e. The number of nitrogens with one attached hydrogen (secondary N) is 1. The summed E-state index contributed by atoms with van der Waals surface area (Å²) in [4.78, 5) is 10.8. The Balaban J connectivity index is 2.38. The number of anilines is 4. The van der Waals surface area contributed by atoms with Crippen molar-refractivity contribution in [3.05, 3.63) is 29.8 Å². The van der Waals surface area contributed by atoms with E-state index in [4.69, 9.17) is 11.5 Å². The second kappa shape index (κ2) is 4.59. The number of nitrogens with two attached hydrogens (primary N) is 2. The van der Waals surface area contributed by atoms with Gasteiger partial charge in [-0.1, -0.05) is 12.1 Å². The molecule has 100 valence electrons. The molecule has 1 aromatic carbocycles. The van der Waals surface area contributed by atoms with Crippen LogP contribution < -0.4 is 16.8 Å². The van der Waals surface area contributed by atoms with Gasteiger partial charge in [-0.05, 0) is 12.1 Å². The number of nitrogen functional groups attached to an aromatic ring is 2. The van der Waals surface area contributed by atoms with Crippen LogP contribution in [-0.4, -0.2) is 15.0 Å². The molecule has 0 amide bonds. The van der Waals surface area contributed by atoms with Gasteiger partial charge in [-0.25, -0.2) is 0 Å². The molecule has 0 aliphatic carbocycles. The molecule has 0 bridgehead atoms. The highest BCUT2D eigenvalue weighted by Gasteiger charge is 2.33. The highest BCUT2D eigenvalue weighted by molar-refractivity contribution is 5.60. The summed E-state index contributed by atoms with van der Waals surface area (Å²) in [6.45, 7) is 0. The van der Waals surface area contributed by atoms with Gasteiger partial charge in [0.1, 0.15) is 0 Å². The van der Waals surface area contributed by atoms with Gasteiger partial charge in [0.25, 0.3) is 0 Å². The maximum atomic E-state index is 12.8. The first-order valence-corrected chi connectivity index (χ1v) is 5.06. The van der Waals surface area contributed by atoms with E-state index in [2.05, 4.69) is 20.3 Å². The minimum Gasteiger partial charge on any atom is -0.368 e. The molecule has 2 aromatic rings. The lowest BCUT2D eigenvalue weighted by molar-refractivity contribution is -0.136. The van der Waals surface area contributed by atoms with Gasteiger partial charge in [-0.3, -0.25) is 0 Å². The third-order valence-electron chi connectivity index (χ3n) is 2.15. The van der Waals surface area contributed by atoms with E-state index >= 15 is 0 Å². The van der Waals surface area contributed by atoms with Crippen molar-refractivity contribution in [3.63, 3.8) is 0 Å². The lowest BCUT2D eigenvalue weighted by Gasteiger charge is -2.13. The van der Waals surface area contributed by atoms with E-state index in [0.717, 1.165) is 6.07 Å². The monoisotopic (exact) mass is 270 g/mol. The van der Waals surface area contributed by atoms with Crippen LogP contribution in [0, 0.1) is 0 Å². The molecule has 6 nitrogen and oxygen atoms in total. The average molecular weight is 270 g/mol. The molecule has 0 saturated heterocycles. The lowest BCUT2D eigenvalue weighted by Crippen LogP contribution is -2.11. The Hall–Kier alpha value is -2.58. The molecule has 0 aliphatic heterocycles. The first-order chi connectivity index (χ1) is 8.86. The van der Waals surface area contributed by atoms with Crippen molar-refractivity contribution in [2.45, 2.75) is 6.18 Å². The number of halogens is 3. The maximum absolute atomic E-state index is 12.8. The summed E-state index contributed by atoms with van der Waals surface area (Å²) in [5.41, 5.74) is 9.63. The molecule has 0 fully saturated rings. The van der Waals surface area contributed by atoms with Crippen molar-refractivity contribution in [2.75, 3.05) is 16.8 Å². The van der Waals surface area contributed by atoms with E-state index < -0.39 is 11.7 Å². The summed E-state index contributed by atoms with van der Waals surface area (Å²) in [5.74, 6) is -0.513. The van der Waals surface area contributed by atoms with Gasteiger partial charge in [0.05, 0.1) is 11.3 Å². The number of alkyl halides is 3. The Labute approximate surface area is 105 Å². The fraction of sp³-hybridized carbons (Fsp3) is 0.100. The first-order valence-electron chi connectivity index (χ1n) is 5.06. The predicted molar refractivity (Wildman–Crippen MR) is 63.4 cm³/mol. The normalized spacial score (nSPS) is 11.3. The predicted octanol–water partition coefficient (Wildman–Crippen LogP) is 1.80. The summed E-state index contributed by atoms with van der Waals surface area (Å²) in [7, 11) is 0. The summed E-state index contributed by atoms with van der Waals surface area (Å²) in [6.07, 6.45) is -4.49. The molecular weight excluding hydrogens is 261 g/mol. The van der Waals surface area contributed by atoms with Crippen molar-refractivity contribution >= 4 is 23.5 Å². The van der Waals surface area contributed by atoms with Crippen molar-refractivity contribution in [3.8, 4) is 0 Å². The summed E-state index contributed by atoms with van der Waals surface area (Å²) in [5, 5.41) is 2.42.